The molecule has 1 unspecified atom stereocenters. The van der Waals surface area contributed by atoms with Gasteiger partial charge in [-0.25, -0.2) is 0 Å². The SMILES string of the molecule is CCN(CC)CCC1CCCCN1CCC(N)=O. The summed E-state index contributed by atoms with van der Waals surface area (Å²) in [5.41, 5.74) is 5.25. The molecule has 0 aliphatic carbocycles. The molecule has 0 aromatic heterocycles. The fourth-order valence-electron chi connectivity index (χ4n) is 2.81. The van der Waals surface area contributed by atoms with Gasteiger partial charge in [0.05, 0.1) is 0 Å². The summed E-state index contributed by atoms with van der Waals surface area (Å²) in [5.74, 6) is -0.178. The summed E-state index contributed by atoms with van der Waals surface area (Å²) in [7, 11) is 0. The molecule has 4 heteroatoms. The maximum atomic E-state index is 10.9. The number of hydrogen-bond donors (Lipinski definition) is 1. The van der Waals surface area contributed by atoms with Crippen LogP contribution >= 0.6 is 0 Å². The van der Waals surface area contributed by atoms with E-state index in [0.717, 1.165) is 26.2 Å². The van der Waals surface area contributed by atoms with Gasteiger partial charge in [0.1, 0.15) is 0 Å². The predicted octanol–water partition coefficient (Wildman–Crippen LogP) is 1.45. The van der Waals surface area contributed by atoms with Crippen LogP contribution in [0.4, 0.5) is 0 Å². The summed E-state index contributed by atoms with van der Waals surface area (Å²) in [5, 5.41) is 0. The van der Waals surface area contributed by atoms with Crippen molar-refractivity contribution in [2.24, 2.45) is 5.73 Å². The van der Waals surface area contributed by atoms with Crippen LogP contribution in [0.25, 0.3) is 0 Å². The van der Waals surface area contributed by atoms with Gasteiger partial charge in [-0.15, -0.1) is 0 Å². The van der Waals surface area contributed by atoms with Crippen molar-refractivity contribution in [2.75, 3.05) is 32.7 Å². The summed E-state index contributed by atoms with van der Waals surface area (Å²) in [6.45, 7) is 9.85. The second-order valence-corrected chi connectivity index (χ2v) is 5.22. The van der Waals surface area contributed by atoms with Crippen LogP contribution in [0.3, 0.4) is 0 Å². The van der Waals surface area contributed by atoms with E-state index in [1.54, 1.807) is 0 Å². The topological polar surface area (TPSA) is 49.6 Å². The van der Waals surface area contributed by atoms with Gasteiger partial charge in [-0.3, -0.25) is 9.69 Å². The van der Waals surface area contributed by atoms with Crippen molar-refractivity contribution < 1.29 is 4.79 Å². The van der Waals surface area contributed by atoms with Gasteiger partial charge in [0.25, 0.3) is 0 Å². The zero-order valence-corrected chi connectivity index (χ0v) is 12.0. The van der Waals surface area contributed by atoms with Crippen molar-refractivity contribution in [1.82, 2.24) is 9.80 Å². The Morgan fingerprint density at radius 1 is 1.33 bits per heavy atom. The number of rotatable bonds is 8. The molecule has 4 nitrogen and oxygen atoms in total. The van der Waals surface area contributed by atoms with Crippen molar-refractivity contribution >= 4 is 5.91 Å². The highest BCUT2D eigenvalue weighted by Gasteiger charge is 2.22. The minimum atomic E-state index is -0.178. The molecule has 1 rings (SSSR count). The minimum Gasteiger partial charge on any atom is -0.370 e. The molecule has 0 saturated carbocycles. The van der Waals surface area contributed by atoms with E-state index in [1.165, 1.54) is 32.2 Å². The normalized spacial score (nSPS) is 21.4. The number of carbonyl (C=O) groups is 1. The number of nitrogens with two attached hydrogens (primary N) is 1. The monoisotopic (exact) mass is 255 g/mol. The summed E-state index contributed by atoms with van der Waals surface area (Å²) in [6.07, 6.45) is 5.60. The smallest absolute Gasteiger partial charge is 0.218 e. The average Bonchev–Trinajstić information content (AvgIpc) is 2.38. The minimum absolute atomic E-state index is 0.178. The molecule has 1 aliphatic heterocycles. The zero-order chi connectivity index (χ0) is 13.4. The quantitative estimate of drug-likeness (QED) is 0.714. The van der Waals surface area contributed by atoms with Gasteiger partial charge < -0.3 is 10.6 Å². The molecule has 1 heterocycles. The molecular formula is C14H29N3O. The molecule has 1 saturated heterocycles. The van der Waals surface area contributed by atoms with E-state index in [-0.39, 0.29) is 5.91 Å². The first kappa shape index (κ1) is 15.4. The number of piperidine rings is 1. The number of nitrogens with zero attached hydrogens (tertiary/aromatic N) is 2. The van der Waals surface area contributed by atoms with Crippen LogP contribution in [0, 0.1) is 0 Å². The van der Waals surface area contributed by atoms with Gasteiger partial charge in [-0.2, -0.15) is 0 Å². The molecule has 1 fully saturated rings. The van der Waals surface area contributed by atoms with Crippen LogP contribution in [-0.4, -0.2) is 54.5 Å². The predicted molar refractivity (Wildman–Crippen MR) is 75.4 cm³/mol. The Morgan fingerprint density at radius 3 is 2.67 bits per heavy atom. The Balaban J connectivity index is 2.36. The first-order chi connectivity index (χ1) is 8.67. The van der Waals surface area contributed by atoms with Crippen LogP contribution in [0.5, 0.6) is 0 Å². The Hall–Kier alpha value is -0.610. The largest absolute Gasteiger partial charge is 0.370 e. The van der Waals surface area contributed by atoms with Crippen molar-refractivity contribution in [1.29, 1.82) is 0 Å². The second-order valence-electron chi connectivity index (χ2n) is 5.22. The lowest BCUT2D eigenvalue weighted by atomic mass is 9.98. The summed E-state index contributed by atoms with van der Waals surface area (Å²) in [4.78, 5) is 15.8. The number of likely N-dealkylation sites (tertiary alicyclic amines) is 1. The Bertz CT molecular complexity index is 241. The molecule has 1 atom stereocenters. The molecule has 0 aromatic carbocycles. The van der Waals surface area contributed by atoms with E-state index in [4.69, 9.17) is 5.73 Å². The van der Waals surface area contributed by atoms with E-state index in [2.05, 4.69) is 23.6 Å². The fraction of sp³-hybridized carbons (Fsp3) is 0.929. The molecule has 0 radical (unpaired) electrons. The lowest BCUT2D eigenvalue weighted by Crippen LogP contribution is -2.43. The molecule has 1 aliphatic rings. The maximum Gasteiger partial charge on any atom is 0.218 e. The molecule has 0 aromatic rings. The molecule has 1 amide bonds. The molecule has 2 N–H and O–H groups in total. The van der Waals surface area contributed by atoms with Crippen molar-refractivity contribution in [2.45, 2.75) is 52.0 Å². The Kier molecular flexibility index (Phi) is 7.28. The van der Waals surface area contributed by atoms with E-state index >= 15 is 0 Å². The second kappa shape index (κ2) is 8.48. The standard InChI is InChI=1S/C14H29N3O/c1-3-16(4-2)11-8-13-7-5-6-10-17(13)12-9-14(15)18/h13H,3-12H2,1-2H3,(H2,15,18). The highest BCUT2D eigenvalue weighted by molar-refractivity contribution is 5.73. The molecule has 0 bridgehead atoms. The van der Waals surface area contributed by atoms with E-state index in [1.807, 2.05) is 0 Å². The third kappa shape index (κ3) is 5.36. The molecular weight excluding hydrogens is 226 g/mol. The third-order valence-corrected chi connectivity index (χ3v) is 4.07. The Morgan fingerprint density at radius 2 is 2.06 bits per heavy atom. The summed E-state index contributed by atoms with van der Waals surface area (Å²) < 4.78 is 0. The number of amides is 1. The number of hydrogen-bond acceptors (Lipinski definition) is 3. The molecule has 18 heavy (non-hydrogen) atoms. The first-order valence-electron chi connectivity index (χ1n) is 7.42. The molecule has 106 valence electrons. The lowest BCUT2D eigenvalue weighted by molar-refractivity contribution is -0.118. The van der Waals surface area contributed by atoms with Crippen LogP contribution in [0.2, 0.25) is 0 Å². The van der Waals surface area contributed by atoms with Gasteiger partial charge in [0.2, 0.25) is 5.91 Å². The van der Waals surface area contributed by atoms with Crippen LogP contribution < -0.4 is 5.73 Å². The number of primary amides is 1. The Labute approximate surface area is 111 Å². The van der Waals surface area contributed by atoms with Crippen molar-refractivity contribution in [3.8, 4) is 0 Å². The van der Waals surface area contributed by atoms with Crippen LogP contribution in [-0.2, 0) is 4.79 Å². The highest BCUT2D eigenvalue weighted by Crippen LogP contribution is 2.20. The van der Waals surface area contributed by atoms with E-state index in [9.17, 15) is 4.79 Å². The van der Waals surface area contributed by atoms with Gasteiger partial charge >= 0.3 is 0 Å². The molecule has 0 spiro atoms. The third-order valence-electron chi connectivity index (χ3n) is 4.07. The number of carbonyl (C=O) groups excluding carboxylic acids is 1. The van der Waals surface area contributed by atoms with Gasteiger partial charge in [0, 0.05) is 19.0 Å². The van der Waals surface area contributed by atoms with Crippen molar-refractivity contribution in [3.05, 3.63) is 0 Å². The van der Waals surface area contributed by atoms with E-state index < -0.39 is 0 Å². The maximum absolute atomic E-state index is 10.9. The summed E-state index contributed by atoms with van der Waals surface area (Å²) in [6, 6.07) is 0.652. The highest BCUT2D eigenvalue weighted by atomic mass is 16.1. The van der Waals surface area contributed by atoms with Gasteiger partial charge in [-0.1, -0.05) is 20.3 Å². The lowest BCUT2D eigenvalue weighted by Gasteiger charge is -2.36. The van der Waals surface area contributed by atoms with Crippen molar-refractivity contribution in [3.63, 3.8) is 0 Å². The van der Waals surface area contributed by atoms with E-state index in [0.29, 0.717) is 12.5 Å². The van der Waals surface area contributed by atoms with Gasteiger partial charge in [0.15, 0.2) is 0 Å². The fourth-order valence-corrected chi connectivity index (χ4v) is 2.81. The van der Waals surface area contributed by atoms with Crippen LogP contribution in [0.1, 0.15) is 46.0 Å². The first-order valence-corrected chi connectivity index (χ1v) is 7.42. The zero-order valence-electron chi connectivity index (χ0n) is 12.0. The summed E-state index contributed by atoms with van der Waals surface area (Å²) >= 11 is 0. The van der Waals surface area contributed by atoms with Crippen LogP contribution in [0.15, 0.2) is 0 Å². The van der Waals surface area contributed by atoms with Gasteiger partial charge in [-0.05, 0) is 45.4 Å². The average molecular weight is 255 g/mol.